The van der Waals surface area contributed by atoms with Crippen molar-refractivity contribution in [2.75, 3.05) is 23.4 Å². The van der Waals surface area contributed by atoms with E-state index in [9.17, 15) is 9.59 Å². The number of rotatable bonds is 5. The van der Waals surface area contributed by atoms with Crippen LogP contribution in [0.4, 0.5) is 22.0 Å². The average Bonchev–Trinajstić information content (AvgIpc) is 3.25. The fourth-order valence-electron chi connectivity index (χ4n) is 3.42. The predicted octanol–water partition coefficient (Wildman–Crippen LogP) is 5.26. The van der Waals surface area contributed by atoms with Gasteiger partial charge in [0.2, 0.25) is 5.91 Å². The Morgan fingerprint density at radius 2 is 1.82 bits per heavy atom. The number of nitrogens with zero attached hydrogens (tertiary/aromatic N) is 1. The van der Waals surface area contributed by atoms with Crippen molar-refractivity contribution < 1.29 is 9.59 Å². The fourth-order valence-corrected chi connectivity index (χ4v) is 4.50. The van der Waals surface area contributed by atoms with Gasteiger partial charge in [-0.15, -0.1) is 11.3 Å². The van der Waals surface area contributed by atoms with Gasteiger partial charge in [0, 0.05) is 51.9 Å². The van der Waals surface area contributed by atoms with Gasteiger partial charge in [0.15, 0.2) is 0 Å². The second kappa shape index (κ2) is 9.54. The normalized spacial score (nSPS) is 11.0. The zero-order chi connectivity index (χ0) is 23.4. The first-order valence-electron chi connectivity index (χ1n) is 10.2. The number of benzene rings is 2. The molecule has 0 saturated heterocycles. The summed E-state index contributed by atoms with van der Waals surface area (Å²) in [4.78, 5) is 28.2. The van der Waals surface area contributed by atoms with E-state index < -0.39 is 0 Å². The zero-order valence-electron chi connectivity index (χ0n) is 18.2. The molecule has 33 heavy (non-hydrogen) atoms. The Kier molecular flexibility index (Phi) is 6.37. The Hall–Kier alpha value is -4.17. The average molecular weight is 458 g/mol. The summed E-state index contributed by atoms with van der Waals surface area (Å²) in [6.07, 6.45) is 4.86. The molecule has 0 unspecified atom stereocenters. The Morgan fingerprint density at radius 3 is 2.55 bits per heavy atom. The molecule has 2 aromatic heterocycles. The van der Waals surface area contributed by atoms with Gasteiger partial charge >= 0.3 is 6.03 Å². The van der Waals surface area contributed by atoms with Crippen LogP contribution in [-0.4, -0.2) is 24.0 Å². The monoisotopic (exact) mass is 457 g/mol. The number of aryl methyl sites for hydroxylation is 1. The van der Waals surface area contributed by atoms with E-state index in [1.807, 2.05) is 60.8 Å². The number of aromatic nitrogens is 1. The molecule has 4 aromatic rings. The van der Waals surface area contributed by atoms with Crippen LogP contribution in [0.25, 0.3) is 27.3 Å². The fraction of sp³-hybridized carbons (Fsp3) is 0.0800. The molecule has 0 aliphatic carbocycles. The lowest BCUT2D eigenvalue weighted by Crippen LogP contribution is -2.19. The lowest BCUT2D eigenvalue weighted by molar-refractivity contribution is -0.115. The molecule has 3 amide bonds. The van der Waals surface area contributed by atoms with E-state index in [-0.39, 0.29) is 11.9 Å². The maximum atomic E-state index is 12.3. The number of nitrogens with one attached hydrogen (secondary N) is 3. The maximum absolute atomic E-state index is 12.3. The Labute approximate surface area is 195 Å². The largest absolute Gasteiger partial charge is 0.383 e. The van der Waals surface area contributed by atoms with E-state index in [2.05, 4.69) is 20.9 Å². The lowest BCUT2D eigenvalue weighted by atomic mass is 10.0. The predicted molar refractivity (Wildman–Crippen MR) is 136 cm³/mol. The minimum atomic E-state index is -0.310. The maximum Gasteiger partial charge on any atom is 0.323 e. The molecule has 0 radical (unpaired) electrons. The molecule has 8 heteroatoms. The van der Waals surface area contributed by atoms with E-state index in [0.29, 0.717) is 11.5 Å². The van der Waals surface area contributed by atoms with Gasteiger partial charge in [0.25, 0.3) is 0 Å². The number of carbonyl (C=O) groups is 2. The van der Waals surface area contributed by atoms with Crippen molar-refractivity contribution in [3.8, 4) is 11.1 Å². The summed E-state index contributed by atoms with van der Waals surface area (Å²) in [6, 6.07) is 14.8. The number of amides is 3. The van der Waals surface area contributed by atoms with E-state index in [0.717, 1.165) is 38.0 Å². The number of anilines is 3. The molecule has 7 nitrogen and oxygen atoms in total. The highest BCUT2D eigenvalue weighted by molar-refractivity contribution is 7.18. The molecule has 0 spiro atoms. The Morgan fingerprint density at radius 1 is 1.06 bits per heavy atom. The minimum Gasteiger partial charge on any atom is -0.383 e. The van der Waals surface area contributed by atoms with Crippen LogP contribution in [0, 0.1) is 6.92 Å². The summed E-state index contributed by atoms with van der Waals surface area (Å²) in [5, 5.41) is 11.1. The van der Waals surface area contributed by atoms with Gasteiger partial charge in [-0.25, -0.2) is 9.78 Å². The quantitative estimate of drug-likeness (QED) is 0.307. The van der Waals surface area contributed by atoms with Crippen molar-refractivity contribution in [1.29, 1.82) is 0 Å². The number of hydrogen-bond donors (Lipinski definition) is 4. The summed E-state index contributed by atoms with van der Waals surface area (Å²) < 4.78 is 0.956. The number of fused-ring (bicyclic) bond motifs is 1. The molecule has 4 rings (SSSR count). The third kappa shape index (κ3) is 5.02. The molecule has 0 saturated carbocycles. The van der Waals surface area contributed by atoms with Crippen LogP contribution in [0.3, 0.4) is 0 Å². The lowest BCUT2D eigenvalue weighted by Gasteiger charge is -2.09. The highest BCUT2D eigenvalue weighted by Gasteiger charge is 2.13. The van der Waals surface area contributed by atoms with Crippen LogP contribution >= 0.6 is 11.3 Å². The van der Waals surface area contributed by atoms with Gasteiger partial charge in [-0.05, 0) is 53.8 Å². The van der Waals surface area contributed by atoms with Crippen LogP contribution < -0.4 is 21.7 Å². The molecule has 0 fully saturated rings. The minimum absolute atomic E-state index is 0.189. The van der Waals surface area contributed by atoms with Gasteiger partial charge in [0.05, 0.1) is 0 Å². The molecule has 0 aliphatic rings. The van der Waals surface area contributed by atoms with Crippen molar-refractivity contribution >= 4 is 56.6 Å². The molecule has 0 aliphatic heterocycles. The zero-order valence-corrected chi connectivity index (χ0v) is 19.0. The number of urea groups is 1. The van der Waals surface area contributed by atoms with Gasteiger partial charge in [0.1, 0.15) is 5.82 Å². The molecule has 0 bridgehead atoms. The molecule has 166 valence electrons. The number of pyridine rings is 1. The van der Waals surface area contributed by atoms with Crippen molar-refractivity contribution in [2.45, 2.75) is 6.92 Å². The number of carbonyl (C=O) groups excluding carboxylic acids is 2. The van der Waals surface area contributed by atoms with Gasteiger partial charge < -0.3 is 21.7 Å². The Balaban J connectivity index is 1.55. The van der Waals surface area contributed by atoms with Crippen molar-refractivity contribution in [3.63, 3.8) is 0 Å². The molecule has 2 heterocycles. The number of nitrogen functional groups attached to an aromatic ring is 1. The number of thiophene rings is 1. The van der Waals surface area contributed by atoms with E-state index in [4.69, 9.17) is 5.73 Å². The number of nitrogens with two attached hydrogens (primary N) is 1. The first-order valence-corrected chi connectivity index (χ1v) is 11.1. The third-order valence-corrected chi connectivity index (χ3v) is 6.07. The summed E-state index contributed by atoms with van der Waals surface area (Å²) >= 11 is 1.54. The van der Waals surface area contributed by atoms with Crippen LogP contribution in [0.1, 0.15) is 11.1 Å². The first kappa shape index (κ1) is 22.0. The number of likely N-dealkylation sites (N-methyl/N-ethyl adjacent to an activating group) is 1. The smallest absolute Gasteiger partial charge is 0.323 e. The summed E-state index contributed by atoms with van der Waals surface area (Å²) in [6.45, 7) is 1.97. The second-order valence-corrected chi connectivity index (χ2v) is 8.31. The van der Waals surface area contributed by atoms with Crippen molar-refractivity contribution in [3.05, 3.63) is 77.3 Å². The van der Waals surface area contributed by atoms with Crippen molar-refractivity contribution in [2.24, 2.45) is 0 Å². The van der Waals surface area contributed by atoms with Crippen LogP contribution in [0.2, 0.25) is 0 Å². The first-order chi connectivity index (χ1) is 15.9. The second-order valence-electron chi connectivity index (χ2n) is 7.43. The summed E-state index contributed by atoms with van der Waals surface area (Å²) in [5.41, 5.74) is 11.4. The molecular formula is C25H23N5O2S. The topological polar surface area (TPSA) is 109 Å². The van der Waals surface area contributed by atoms with Gasteiger partial charge in [-0.3, -0.25) is 4.79 Å². The van der Waals surface area contributed by atoms with Crippen LogP contribution in [0.5, 0.6) is 0 Å². The molecule has 0 atom stereocenters. The standard InChI is InChI=1S/C25H23N5O2S/c1-15-4-3-5-19(12-15)30-25(32)29-18-9-6-16(7-10-18)20-14-33-23-17(8-11-21(31)27-2)13-28-24(26)22(20)23/h3-14H,1-2H3,(H2,26,28)(H,27,31)(H2,29,30,32). The van der Waals surface area contributed by atoms with Crippen molar-refractivity contribution in [1.82, 2.24) is 10.3 Å². The molecule has 2 aromatic carbocycles. The summed E-state index contributed by atoms with van der Waals surface area (Å²) in [7, 11) is 1.58. The van der Waals surface area contributed by atoms with E-state index in [1.54, 1.807) is 30.7 Å². The molecule has 5 N–H and O–H groups in total. The number of hydrogen-bond acceptors (Lipinski definition) is 5. The van der Waals surface area contributed by atoms with Gasteiger partial charge in [-0.1, -0.05) is 24.3 Å². The van der Waals surface area contributed by atoms with Crippen LogP contribution in [0.15, 0.2) is 66.2 Å². The van der Waals surface area contributed by atoms with E-state index >= 15 is 0 Å². The highest BCUT2D eigenvalue weighted by Crippen LogP contribution is 2.39. The SMILES string of the molecule is CNC(=O)C=Cc1cnc(N)c2c(-c3ccc(NC(=O)Nc4cccc(C)c4)cc3)csc12. The summed E-state index contributed by atoms with van der Waals surface area (Å²) in [5.74, 6) is 0.240. The third-order valence-electron chi connectivity index (χ3n) is 5.04. The Bertz CT molecular complexity index is 1360. The van der Waals surface area contributed by atoms with Gasteiger partial charge in [-0.2, -0.15) is 0 Å². The highest BCUT2D eigenvalue weighted by atomic mass is 32.1. The van der Waals surface area contributed by atoms with Crippen LogP contribution in [-0.2, 0) is 4.79 Å². The molecular weight excluding hydrogens is 434 g/mol. The van der Waals surface area contributed by atoms with E-state index in [1.165, 1.54) is 6.08 Å².